The Balaban J connectivity index is 2.91. The average molecular weight is 223 g/mol. The molecule has 3 N–H and O–H groups in total. The van der Waals surface area contributed by atoms with Gasteiger partial charge in [0, 0.05) is 23.9 Å². The summed E-state index contributed by atoms with van der Waals surface area (Å²) < 4.78 is 1.26. The van der Waals surface area contributed by atoms with Crippen LogP contribution in [0.1, 0.15) is 17.4 Å². The van der Waals surface area contributed by atoms with E-state index < -0.39 is 12.0 Å². The monoisotopic (exact) mass is 223 g/mol. The minimum Gasteiger partial charge on any atom is -0.480 e. The lowest BCUT2D eigenvalue weighted by Gasteiger charge is -2.08. The molecular formula is C10H13N3O3. The lowest BCUT2D eigenvalue weighted by atomic mass is 10.2. The van der Waals surface area contributed by atoms with E-state index in [0.717, 1.165) is 0 Å². The third-order valence-corrected chi connectivity index (χ3v) is 2.05. The lowest BCUT2D eigenvalue weighted by Crippen LogP contribution is -2.33. The normalized spacial score (nSPS) is 12.1. The van der Waals surface area contributed by atoms with Gasteiger partial charge in [0.1, 0.15) is 12.4 Å². The van der Waals surface area contributed by atoms with Crippen molar-refractivity contribution in [2.45, 2.75) is 19.4 Å². The van der Waals surface area contributed by atoms with Crippen LogP contribution >= 0.6 is 0 Å². The van der Waals surface area contributed by atoms with Gasteiger partial charge in [-0.15, -0.1) is 0 Å². The minimum atomic E-state index is -1.12. The van der Waals surface area contributed by atoms with E-state index in [0.29, 0.717) is 11.3 Å². The van der Waals surface area contributed by atoms with E-state index in [1.807, 2.05) is 0 Å². The summed E-state index contributed by atoms with van der Waals surface area (Å²) >= 11 is 0. The van der Waals surface area contributed by atoms with Gasteiger partial charge < -0.3 is 10.8 Å². The Hall–Kier alpha value is -1.95. The first-order chi connectivity index (χ1) is 7.43. The largest absolute Gasteiger partial charge is 0.480 e. The van der Waals surface area contributed by atoms with E-state index in [1.165, 1.54) is 17.1 Å². The van der Waals surface area contributed by atoms with Gasteiger partial charge >= 0.3 is 5.97 Å². The lowest BCUT2D eigenvalue weighted by molar-refractivity contribution is -0.138. The number of carboxylic acids is 1. The summed E-state index contributed by atoms with van der Waals surface area (Å²) in [5.41, 5.74) is 6.19. The maximum Gasteiger partial charge on any atom is 0.320 e. The molecule has 1 rings (SSSR count). The quantitative estimate of drug-likeness (QED) is 0.703. The van der Waals surface area contributed by atoms with Gasteiger partial charge in [-0.25, -0.2) is 4.98 Å². The van der Waals surface area contributed by atoms with E-state index in [4.69, 9.17) is 10.8 Å². The Morgan fingerprint density at radius 2 is 2.31 bits per heavy atom. The van der Waals surface area contributed by atoms with Gasteiger partial charge in [-0.2, -0.15) is 0 Å². The first kappa shape index (κ1) is 12.1. The van der Waals surface area contributed by atoms with Gasteiger partial charge in [0.25, 0.3) is 5.91 Å². The third-order valence-electron chi connectivity index (χ3n) is 2.05. The van der Waals surface area contributed by atoms with Crippen LogP contribution in [-0.2, 0) is 11.2 Å². The van der Waals surface area contributed by atoms with Crippen LogP contribution in [0.15, 0.2) is 24.7 Å². The molecule has 0 radical (unpaired) electrons. The Kier molecular flexibility index (Phi) is 3.57. The molecule has 1 atom stereocenters. The number of carbonyl (C=O) groups excluding carboxylic acids is 1. The third kappa shape index (κ3) is 2.54. The second kappa shape index (κ2) is 4.71. The van der Waals surface area contributed by atoms with E-state index >= 15 is 0 Å². The molecule has 0 aliphatic heterocycles. The fourth-order valence-electron chi connectivity index (χ4n) is 1.17. The summed E-state index contributed by atoms with van der Waals surface area (Å²) in [6, 6.07) is -1.05. The van der Waals surface area contributed by atoms with Gasteiger partial charge in [-0.3, -0.25) is 14.2 Å². The molecule has 0 amide bonds. The van der Waals surface area contributed by atoms with Crippen molar-refractivity contribution < 1.29 is 14.7 Å². The van der Waals surface area contributed by atoms with Crippen molar-refractivity contribution in [2.75, 3.05) is 0 Å². The average Bonchev–Trinajstić information content (AvgIpc) is 2.64. The van der Waals surface area contributed by atoms with Gasteiger partial charge in [-0.05, 0) is 6.92 Å². The summed E-state index contributed by atoms with van der Waals surface area (Å²) in [5.74, 6) is -1.43. The van der Waals surface area contributed by atoms with Gasteiger partial charge in [-0.1, -0.05) is 6.58 Å². The molecule has 1 aromatic heterocycles. The van der Waals surface area contributed by atoms with Crippen molar-refractivity contribution >= 4 is 11.9 Å². The summed E-state index contributed by atoms with van der Waals surface area (Å²) in [6.07, 6.45) is 2.79. The highest BCUT2D eigenvalue weighted by molar-refractivity contribution is 5.94. The number of aliphatic carboxylic acids is 1. The van der Waals surface area contributed by atoms with Crippen molar-refractivity contribution in [3.63, 3.8) is 0 Å². The van der Waals surface area contributed by atoms with Crippen LogP contribution in [0.3, 0.4) is 0 Å². The molecule has 0 aliphatic rings. The molecule has 0 bridgehead atoms. The molecule has 86 valence electrons. The molecule has 6 nitrogen and oxygen atoms in total. The van der Waals surface area contributed by atoms with Crippen molar-refractivity contribution in [1.29, 1.82) is 0 Å². The van der Waals surface area contributed by atoms with Crippen LogP contribution in [0.4, 0.5) is 0 Å². The van der Waals surface area contributed by atoms with Crippen LogP contribution < -0.4 is 5.73 Å². The van der Waals surface area contributed by atoms with E-state index in [9.17, 15) is 9.59 Å². The summed E-state index contributed by atoms with van der Waals surface area (Å²) in [4.78, 5) is 26.0. The molecule has 0 aliphatic carbocycles. The van der Waals surface area contributed by atoms with Crippen LogP contribution in [0.2, 0.25) is 0 Å². The van der Waals surface area contributed by atoms with E-state index in [2.05, 4.69) is 11.6 Å². The smallest absolute Gasteiger partial charge is 0.320 e. The first-order valence-electron chi connectivity index (χ1n) is 4.63. The Morgan fingerprint density at radius 1 is 1.69 bits per heavy atom. The first-order valence-corrected chi connectivity index (χ1v) is 4.63. The molecule has 1 aromatic rings. The number of imidazole rings is 1. The van der Waals surface area contributed by atoms with E-state index in [1.54, 1.807) is 6.92 Å². The van der Waals surface area contributed by atoms with Gasteiger partial charge in [0.05, 0.1) is 0 Å². The van der Waals surface area contributed by atoms with E-state index in [-0.39, 0.29) is 12.3 Å². The second-order valence-corrected chi connectivity index (χ2v) is 3.49. The predicted octanol–water partition coefficient (Wildman–Crippen LogP) is 0.0538. The van der Waals surface area contributed by atoms with Gasteiger partial charge in [0.15, 0.2) is 0 Å². The molecule has 1 unspecified atom stereocenters. The minimum absolute atomic E-state index is 0.0500. The number of nitrogens with zero attached hydrogens (tertiary/aromatic N) is 2. The summed E-state index contributed by atoms with van der Waals surface area (Å²) in [6.45, 7) is 5.09. The van der Waals surface area contributed by atoms with Crippen molar-refractivity contribution in [1.82, 2.24) is 9.55 Å². The van der Waals surface area contributed by atoms with Crippen molar-refractivity contribution in [3.05, 3.63) is 30.4 Å². The fraction of sp³-hybridized carbons (Fsp3) is 0.300. The molecular weight excluding hydrogens is 210 g/mol. The summed E-state index contributed by atoms with van der Waals surface area (Å²) in [5, 5.41) is 8.66. The van der Waals surface area contributed by atoms with Crippen LogP contribution in [0.5, 0.6) is 0 Å². The summed E-state index contributed by atoms with van der Waals surface area (Å²) in [7, 11) is 0. The number of aromatic nitrogens is 2. The number of hydrogen-bond acceptors (Lipinski definition) is 4. The molecule has 0 aromatic carbocycles. The zero-order chi connectivity index (χ0) is 12.3. The topological polar surface area (TPSA) is 98.2 Å². The molecule has 0 saturated carbocycles. The standard InChI is InChI=1S/C10H13N3O3/c1-6(2)9(14)13-5-12-4-7(13)3-8(11)10(15)16/h4-5,8H,1,3,11H2,2H3,(H,15,16). The number of carbonyl (C=O) groups is 2. The number of allylic oxidation sites excluding steroid dienone is 1. The molecule has 1 heterocycles. The molecule has 0 fully saturated rings. The fourth-order valence-corrected chi connectivity index (χ4v) is 1.17. The molecule has 0 spiro atoms. The highest BCUT2D eigenvalue weighted by Gasteiger charge is 2.17. The van der Waals surface area contributed by atoms with Crippen LogP contribution in [0.25, 0.3) is 0 Å². The Morgan fingerprint density at radius 3 is 2.81 bits per heavy atom. The number of rotatable bonds is 4. The second-order valence-electron chi connectivity index (χ2n) is 3.49. The Bertz CT molecular complexity index is 436. The maximum atomic E-state index is 11.6. The molecule has 16 heavy (non-hydrogen) atoms. The number of hydrogen-bond donors (Lipinski definition) is 2. The van der Waals surface area contributed by atoms with Gasteiger partial charge in [0.2, 0.25) is 0 Å². The highest BCUT2D eigenvalue weighted by atomic mass is 16.4. The van der Waals surface area contributed by atoms with Crippen molar-refractivity contribution in [2.24, 2.45) is 5.73 Å². The highest BCUT2D eigenvalue weighted by Crippen LogP contribution is 2.06. The van der Waals surface area contributed by atoms with Crippen molar-refractivity contribution in [3.8, 4) is 0 Å². The number of carboxylic acid groups (broad SMARTS) is 1. The van der Waals surface area contributed by atoms with Crippen LogP contribution in [0, 0.1) is 0 Å². The van der Waals surface area contributed by atoms with Crippen LogP contribution in [-0.4, -0.2) is 32.6 Å². The molecule has 6 heteroatoms. The Labute approximate surface area is 92.4 Å². The zero-order valence-electron chi connectivity index (χ0n) is 8.88. The molecule has 0 saturated heterocycles. The predicted molar refractivity (Wildman–Crippen MR) is 57.0 cm³/mol. The maximum absolute atomic E-state index is 11.6. The SMILES string of the molecule is C=C(C)C(=O)n1cncc1CC(N)C(=O)O. The zero-order valence-corrected chi connectivity index (χ0v) is 8.88. The number of nitrogens with two attached hydrogens (primary N) is 1.